The van der Waals surface area contributed by atoms with Gasteiger partial charge in [-0.15, -0.1) is 0 Å². The summed E-state index contributed by atoms with van der Waals surface area (Å²) in [7, 11) is -1.59. The lowest BCUT2D eigenvalue weighted by atomic mass is 9.71. The van der Waals surface area contributed by atoms with E-state index in [0.717, 1.165) is 38.6 Å². The lowest BCUT2D eigenvalue weighted by Crippen LogP contribution is -2.53. The summed E-state index contributed by atoms with van der Waals surface area (Å²) in [5, 5.41) is 5.92. The predicted molar refractivity (Wildman–Crippen MR) is 134 cm³/mol. The smallest absolute Gasteiger partial charge is 0.224 e. The van der Waals surface area contributed by atoms with E-state index >= 15 is 0 Å². The number of hydrogen-bond acceptors (Lipinski definition) is 7. The molecule has 34 heavy (non-hydrogen) atoms. The van der Waals surface area contributed by atoms with Crippen molar-refractivity contribution in [2.45, 2.75) is 94.9 Å². The summed E-state index contributed by atoms with van der Waals surface area (Å²) in [4.78, 5) is 12.7. The Morgan fingerprint density at radius 3 is 2.44 bits per heavy atom. The second-order valence-electron chi connectivity index (χ2n) is 12.3. The molecule has 0 aromatic heterocycles. The molecule has 9 heteroatoms. The fourth-order valence-corrected chi connectivity index (χ4v) is 9.29. The number of hydrazine groups is 1. The highest BCUT2D eigenvalue weighted by Crippen LogP contribution is 2.43. The van der Waals surface area contributed by atoms with Crippen LogP contribution in [0.15, 0.2) is 0 Å². The van der Waals surface area contributed by atoms with E-state index in [-0.39, 0.29) is 40.0 Å². The molecule has 2 heterocycles. The summed E-state index contributed by atoms with van der Waals surface area (Å²) < 4.78 is 33.0. The highest BCUT2D eigenvalue weighted by Gasteiger charge is 2.46. The maximum Gasteiger partial charge on any atom is 0.224 e. The highest BCUT2D eigenvalue weighted by molar-refractivity contribution is 7.92. The van der Waals surface area contributed by atoms with Gasteiger partial charge in [-0.1, -0.05) is 20.8 Å². The summed E-state index contributed by atoms with van der Waals surface area (Å²) in [5.41, 5.74) is 6.48. The van der Waals surface area contributed by atoms with E-state index in [4.69, 9.17) is 4.74 Å². The molecule has 6 atom stereocenters. The summed E-state index contributed by atoms with van der Waals surface area (Å²) in [6, 6.07) is 0. The quantitative estimate of drug-likeness (QED) is 0.443. The highest BCUT2D eigenvalue weighted by atomic mass is 32.2. The molecule has 1 amide bonds. The second kappa shape index (κ2) is 10.7. The summed E-state index contributed by atoms with van der Waals surface area (Å²) in [5.74, 6) is 1.35. The molecule has 0 radical (unpaired) electrons. The van der Waals surface area contributed by atoms with Gasteiger partial charge in [-0.05, 0) is 68.6 Å². The van der Waals surface area contributed by atoms with Crippen molar-refractivity contribution in [1.82, 2.24) is 21.5 Å². The van der Waals surface area contributed by atoms with Gasteiger partial charge in [0.25, 0.3) is 0 Å². The van der Waals surface area contributed by atoms with E-state index in [0.29, 0.717) is 50.1 Å². The largest absolute Gasteiger partial charge is 0.380 e. The van der Waals surface area contributed by atoms with Gasteiger partial charge in [-0.25, -0.2) is 13.8 Å². The fraction of sp³-hybridized carbons (Fsp3) is 0.960. The Kier molecular flexibility index (Phi) is 8.29. The average Bonchev–Trinajstić information content (AvgIpc) is 3.29. The second-order valence-corrected chi connectivity index (χ2v) is 14.7. The molecule has 196 valence electrons. The Morgan fingerprint density at radius 2 is 1.76 bits per heavy atom. The van der Waals surface area contributed by atoms with E-state index in [2.05, 4.69) is 42.3 Å². The van der Waals surface area contributed by atoms with Crippen LogP contribution in [0.1, 0.15) is 72.1 Å². The molecule has 4 fully saturated rings. The summed E-state index contributed by atoms with van der Waals surface area (Å²) >= 11 is 0. The Balaban J connectivity index is 1.26. The van der Waals surface area contributed by atoms with Crippen molar-refractivity contribution in [3.05, 3.63) is 0 Å². The zero-order valence-electron chi connectivity index (χ0n) is 21.4. The SMILES string of the molecule is COC1CCC(C(C)(C)C)CC1S(=O)(=O)C1CCC(CNC(=O)C2CNC3NNCC3C2)CC1. The van der Waals surface area contributed by atoms with Crippen LogP contribution < -0.4 is 21.5 Å². The van der Waals surface area contributed by atoms with Crippen LogP contribution in [0.25, 0.3) is 0 Å². The van der Waals surface area contributed by atoms with Gasteiger partial charge in [0.1, 0.15) is 0 Å². The maximum atomic E-state index is 13.7. The molecule has 0 spiro atoms. The molecule has 6 unspecified atom stereocenters. The third-order valence-electron chi connectivity index (χ3n) is 9.14. The molecule has 0 bridgehead atoms. The third-order valence-corrected chi connectivity index (χ3v) is 11.9. The number of hydrogen-bond donors (Lipinski definition) is 4. The van der Waals surface area contributed by atoms with Crippen molar-refractivity contribution >= 4 is 15.7 Å². The number of fused-ring (bicyclic) bond motifs is 1. The van der Waals surface area contributed by atoms with Gasteiger partial charge < -0.3 is 10.1 Å². The van der Waals surface area contributed by atoms with Gasteiger partial charge >= 0.3 is 0 Å². The minimum Gasteiger partial charge on any atom is -0.380 e. The van der Waals surface area contributed by atoms with Crippen molar-refractivity contribution in [2.24, 2.45) is 29.1 Å². The van der Waals surface area contributed by atoms with Crippen molar-refractivity contribution in [1.29, 1.82) is 0 Å². The van der Waals surface area contributed by atoms with Crippen molar-refractivity contribution < 1.29 is 17.9 Å². The minimum absolute atomic E-state index is 0.00714. The first-order chi connectivity index (χ1) is 16.1. The molecule has 0 aromatic rings. The van der Waals surface area contributed by atoms with Crippen LogP contribution in [0.3, 0.4) is 0 Å². The number of piperidine rings is 1. The number of amides is 1. The molecule has 2 aliphatic carbocycles. The molecule has 8 nitrogen and oxygen atoms in total. The topological polar surface area (TPSA) is 109 Å². The van der Waals surface area contributed by atoms with Crippen molar-refractivity contribution in [2.75, 3.05) is 26.7 Å². The molecule has 0 aromatic carbocycles. The molecular formula is C25H46N4O4S. The molecule has 2 saturated carbocycles. The zero-order chi connectivity index (χ0) is 24.5. The van der Waals surface area contributed by atoms with Gasteiger partial charge in [0, 0.05) is 32.7 Å². The van der Waals surface area contributed by atoms with Gasteiger partial charge in [0.05, 0.1) is 28.7 Å². The number of methoxy groups -OCH3 is 1. The van der Waals surface area contributed by atoms with Gasteiger partial charge in [0.15, 0.2) is 9.84 Å². The van der Waals surface area contributed by atoms with Gasteiger partial charge in [0.2, 0.25) is 5.91 Å². The van der Waals surface area contributed by atoms with Crippen LogP contribution >= 0.6 is 0 Å². The Labute approximate surface area is 206 Å². The molecule has 2 aliphatic heterocycles. The standard InChI is InChI=1S/C25H46N4O4S/c1-25(2,3)19-7-10-21(33-4)22(12-19)34(31,32)20-8-5-16(6-9-20)13-27-24(30)18-11-17-15-28-29-23(17)26-14-18/h16-23,26,28-29H,5-15H2,1-4H3,(H,27,30). The van der Waals surface area contributed by atoms with Crippen LogP contribution in [0, 0.1) is 29.1 Å². The number of sulfone groups is 1. The van der Waals surface area contributed by atoms with Gasteiger partial charge in [-0.2, -0.15) is 0 Å². The summed E-state index contributed by atoms with van der Waals surface area (Å²) in [6.07, 6.45) is 6.66. The van der Waals surface area contributed by atoms with Crippen molar-refractivity contribution in [3.63, 3.8) is 0 Å². The van der Waals surface area contributed by atoms with E-state index < -0.39 is 9.84 Å². The number of carbonyl (C=O) groups is 1. The summed E-state index contributed by atoms with van der Waals surface area (Å²) in [6.45, 7) is 8.90. The first kappa shape index (κ1) is 26.3. The minimum atomic E-state index is -3.25. The Morgan fingerprint density at radius 1 is 1.03 bits per heavy atom. The molecule has 4 aliphatic rings. The van der Waals surface area contributed by atoms with Crippen LogP contribution in [0.5, 0.6) is 0 Å². The van der Waals surface area contributed by atoms with Gasteiger partial charge in [-0.3, -0.25) is 15.5 Å². The Bertz CT molecular complexity index is 806. The van der Waals surface area contributed by atoms with Crippen LogP contribution in [-0.4, -0.2) is 63.8 Å². The lowest BCUT2D eigenvalue weighted by Gasteiger charge is -2.42. The first-order valence-corrected chi connectivity index (χ1v) is 15.0. The van der Waals surface area contributed by atoms with E-state index in [9.17, 15) is 13.2 Å². The van der Waals surface area contributed by atoms with Crippen LogP contribution in [-0.2, 0) is 19.4 Å². The van der Waals surface area contributed by atoms with Crippen LogP contribution in [0.4, 0.5) is 0 Å². The van der Waals surface area contributed by atoms with E-state index in [1.165, 1.54) is 0 Å². The normalized spacial score (nSPS) is 39.4. The molecule has 4 rings (SSSR count). The fourth-order valence-electron chi connectivity index (χ4n) is 6.69. The van der Waals surface area contributed by atoms with E-state index in [1.54, 1.807) is 7.11 Å². The third kappa shape index (κ3) is 5.80. The monoisotopic (exact) mass is 498 g/mol. The maximum absolute atomic E-state index is 13.7. The van der Waals surface area contributed by atoms with Crippen molar-refractivity contribution in [3.8, 4) is 0 Å². The van der Waals surface area contributed by atoms with Crippen LogP contribution in [0.2, 0.25) is 0 Å². The number of carbonyl (C=O) groups excluding carboxylic acids is 1. The number of nitrogens with one attached hydrogen (secondary N) is 4. The zero-order valence-corrected chi connectivity index (χ0v) is 22.3. The first-order valence-electron chi connectivity index (χ1n) is 13.3. The lowest BCUT2D eigenvalue weighted by molar-refractivity contribution is -0.126. The Hall–Kier alpha value is -0.740. The molecule has 2 saturated heterocycles. The molecular weight excluding hydrogens is 452 g/mol. The number of ether oxygens (including phenoxy) is 1. The van der Waals surface area contributed by atoms with E-state index in [1.807, 2.05) is 0 Å². The average molecular weight is 499 g/mol. The predicted octanol–water partition coefficient (Wildman–Crippen LogP) is 1.97. The molecule has 4 N–H and O–H groups in total. The number of rotatable bonds is 6.